The van der Waals surface area contributed by atoms with Gasteiger partial charge in [-0.15, -0.1) is 0 Å². The molecule has 2 aromatic rings. The standard InChI is InChI=1S/C13H16N2O2/c1-8-2-3-11-10(15-8)6-12(17-11)13(14)9-4-5-16-7-9/h2-3,6,9,13H,4-5,7,14H2,1H3. The SMILES string of the molecule is Cc1ccc2oc(C(N)C3CCOC3)cc2n1. The quantitative estimate of drug-likeness (QED) is 0.862. The summed E-state index contributed by atoms with van der Waals surface area (Å²) >= 11 is 0. The van der Waals surface area contributed by atoms with E-state index >= 15 is 0 Å². The van der Waals surface area contributed by atoms with Crippen LogP contribution in [0.25, 0.3) is 11.1 Å². The van der Waals surface area contributed by atoms with Gasteiger partial charge in [0, 0.05) is 24.3 Å². The van der Waals surface area contributed by atoms with E-state index in [2.05, 4.69) is 4.98 Å². The Labute approximate surface area is 99.8 Å². The number of aromatic nitrogens is 1. The van der Waals surface area contributed by atoms with E-state index < -0.39 is 0 Å². The number of furan rings is 1. The number of nitrogens with zero attached hydrogens (tertiary/aromatic N) is 1. The molecule has 0 radical (unpaired) electrons. The summed E-state index contributed by atoms with van der Waals surface area (Å²) in [5.41, 5.74) is 8.88. The summed E-state index contributed by atoms with van der Waals surface area (Å²) in [6, 6.07) is 5.75. The number of nitrogens with two attached hydrogens (primary N) is 1. The highest BCUT2D eigenvalue weighted by molar-refractivity contribution is 5.73. The summed E-state index contributed by atoms with van der Waals surface area (Å²) in [6.45, 7) is 3.50. The average Bonchev–Trinajstić information content (AvgIpc) is 2.96. The second kappa shape index (κ2) is 4.13. The topological polar surface area (TPSA) is 61.3 Å². The van der Waals surface area contributed by atoms with Crippen molar-refractivity contribution in [1.82, 2.24) is 4.98 Å². The first-order chi connectivity index (χ1) is 8.24. The minimum atomic E-state index is -0.0907. The van der Waals surface area contributed by atoms with Gasteiger partial charge in [0.15, 0.2) is 5.58 Å². The molecule has 4 heteroatoms. The van der Waals surface area contributed by atoms with Crippen molar-refractivity contribution in [3.05, 3.63) is 29.7 Å². The van der Waals surface area contributed by atoms with Crippen LogP contribution in [0.5, 0.6) is 0 Å². The van der Waals surface area contributed by atoms with Crippen molar-refractivity contribution in [2.45, 2.75) is 19.4 Å². The Morgan fingerprint density at radius 2 is 2.35 bits per heavy atom. The molecule has 1 aliphatic heterocycles. The molecule has 17 heavy (non-hydrogen) atoms. The molecule has 0 amide bonds. The molecular formula is C13H16N2O2. The van der Waals surface area contributed by atoms with Gasteiger partial charge < -0.3 is 14.9 Å². The van der Waals surface area contributed by atoms with E-state index in [1.165, 1.54) is 0 Å². The lowest BCUT2D eigenvalue weighted by Gasteiger charge is -2.14. The van der Waals surface area contributed by atoms with Crippen LogP contribution in [0.1, 0.15) is 23.9 Å². The van der Waals surface area contributed by atoms with Crippen molar-refractivity contribution in [3.8, 4) is 0 Å². The zero-order valence-electron chi connectivity index (χ0n) is 9.85. The fourth-order valence-electron chi connectivity index (χ4n) is 2.28. The van der Waals surface area contributed by atoms with Gasteiger partial charge in [-0.05, 0) is 25.5 Å². The number of fused-ring (bicyclic) bond motifs is 1. The van der Waals surface area contributed by atoms with Gasteiger partial charge in [0.05, 0.1) is 12.6 Å². The van der Waals surface area contributed by atoms with Crippen LogP contribution in [0.15, 0.2) is 22.6 Å². The summed E-state index contributed by atoms with van der Waals surface area (Å²) in [6.07, 6.45) is 1.00. The molecule has 0 spiro atoms. The second-order valence-electron chi connectivity index (χ2n) is 4.63. The lowest BCUT2D eigenvalue weighted by Crippen LogP contribution is -2.20. The van der Waals surface area contributed by atoms with Gasteiger partial charge in [-0.1, -0.05) is 0 Å². The molecule has 1 aliphatic rings. The number of hydrogen-bond donors (Lipinski definition) is 1. The van der Waals surface area contributed by atoms with Crippen LogP contribution in [0, 0.1) is 12.8 Å². The van der Waals surface area contributed by atoms with Crippen LogP contribution in [-0.2, 0) is 4.74 Å². The molecular weight excluding hydrogens is 216 g/mol. The maximum atomic E-state index is 6.20. The third-order valence-corrected chi connectivity index (χ3v) is 3.33. The molecule has 2 N–H and O–H groups in total. The van der Waals surface area contributed by atoms with E-state index in [9.17, 15) is 0 Å². The van der Waals surface area contributed by atoms with Crippen LogP contribution < -0.4 is 5.73 Å². The van der Waals surface area contributed by atoms with Gasteiger partial charge in [0.1, 0.15) is 11.3 Å². The molecule has 0 aliphatic carbocycles. The molecule has 0 aromatic carbocycles. The smallest absolute Gasteiger partial charge is 0.152 e. The minimum absolute atomic E-state index is 0.0907. The van der Waals surface area contributed by atoms with Crippen molar-refractivity contribution < 1.29 is 9.15 Å². The molecule has 2 aromatic heterocycles. The summed E-state index contributed by atoms with van der Waals surface area (Å²) in [5, 5.41) is 0. The van der Waals surface area contributed by atoms with Crippen molar-refractivity contribution in [2.75, 3.05) is 13.2 Å². The first-order valence-electron chi connectivity index (χ1n) is 5.94. The monoisotopic (exact) mass is 232 g/mol. The minimum Gasteiger partial charge on any atom is -0.458 e. The fourth-order valence-corrected chi connectivity index (χ4v) is 2.28. The van der Waals surface area contributed by atoms with Gasteiger partial charge >= 0.3 is 0 Å². The van der Waals surface area contributed by atoms with E-state index in [0.29, 0.717) is 5.92 Å². The van der Waals surface area contributed by atoms with Gasteiger partial charge in [0.2, 0.25) is 0 Å². The van der Waals surface area contributed by atoms with Gasteiger partial charge in [0.25, 0.3) is 0 Å². The molecule has 3 rings (SSSR count). The average molecular weight is 232 g/mol. The molecule has 2 unspecified atom stereocenters. The molecule has 90 valence electrons. The third kappa shape index (κ3) is 1.94. The van der Waals surface area contributed by atoms with Crippen molar-refractivity contribution in [3.63, 3.8) is 0 Å². The van der Waals surface area contributed by atoms with Gasteiger partial charge in [-0.2, -0.15) is 0 Å². The maximum absolute atomic E-state index is 6.20. The Morgan fingerprint density at radius 1 is 1.47 bits per heavy atom. The lowest BCUT2D eigenvalue weighted by molar-refractivity contribution is 0.178. The van der Waals surface area contributed by atoms with E-state index in [0.717, 1.165) is 42.2 Å². The maximum Gasteiger partial charge on any atom is 0.152 e. The van der Waals surface area contributed by atoms with E-state index in [-0.39, 0.29) is 6.04 Å². The Balaban J connectivity index is 1.94. The van der Waals surface area contributed by atoms with Gasteiger partial charge in [-0.3, -0.25) is 0 Å². The molecule has 2 atom stereocenters. The van der Waals surface area contributed by atoms with Crippen LogP contribution in [0.3, 0.4) is 0 Å². The number of rotatable bonds is 2. The van der Waals surface area contributed by atoms with E-state index in [1.807, 2.05) is 25.1 Å². The molecule has 3 heterocycles. The summed E-state index contributed by atoms with van der Waals surface area (Å²) in [4.78, 5) is 4.42. The normalized spacial score (nSPS) is 22.1. The third-order valence-electron chi connectivity index (χ3n) is 3.33. The fraction of sp³-hybridized carbons (Fsp3) is 0.462. The number of pyridine rings is 1. The van der Waals surface area contributed by atoms with Crippen LogP contribution in [0.2, 0.25) is 0 Å². The number of ether oxygens (including phenoxy) is 1. The zero-order chi connectivity index (χ0) is 11.8. The first-order valence-corrected chi connectivity index (χ1v) is 5.94. The number of aryl methyl sites for hydroxylation is 1. The van der Waals surface area contributed by atoms with Crippen molar-refractivity contribution in [1.29, 1.82) is 0 Å². The lowest BCUT2D eigenvalue weighted by atomic mass is 9.98. The summed E-state index contributed by atoms with van der Waals surface area (Å²) in [5.74, 6) is 1.17. The highest BCUT2D eigenvalue weighted by Crippen LogP contribution is 2.30. The molecule has 0 saturated carbocycles. The van der Waals surface area contributed by atoms with Crippen molar-refractivity contribution in [2.24, 2.45) is 11.7 Å². The predicted molar refractivity (Wildman–Crippen MR) is 64.6 cm³/mol. The predicted octanol–water partition coefficient (Wildman–Crippen LogP) is 2.17. The van der Waals surface area contributed by atoms with E-state index in [4.69, 9.17) is 14.9 Å². The summed E-state index contributed by atoms with van der Waals surface area (Å²) < 4.78 is 11.1. The molecule has 0 bridgehead atoms. The van der Waals surface area contributed by atoms with E-state index in [1.54, 1.807) is 0 Å². The molecule has 1 saturated heterocycles. The van der Waals surface area contributed by atoms with Gasteiger partial charge in [-0.25, -0.2) is 4.98 Å². The molecule has 4 nitrogen and oxygen atoms in total. The Bertz CT molecular complexity index is 529. The largest absolute Gasteiger partial charge is 0.458 e. The summed E-state index contributed by atoms with van der Waals surface area (Å²) in [7, 11) is 0. The van der Waals surface area contributed by atoms with Crippen LogP contribution >= 0.6 is 0 Å². The Hall–Kier alpha value is -1.39. The highest BCUT2D eigenvalue weighted by atomic mass is 16.5. The second-order valence-corrected chi connectivity index (χ2v) is 4.63. The number of hydrogen-bond acceptors (Lipinski definition) is 4. The van der Waals surface area contributed by atoms with Crippen LogP contribution in [0.4, 0.5) is 0 Å². The van der Waals surface area contributed by atoms with Crippen molar-refractivity contribution >= 4 is 11.1 Å². The highest BCUT2D eigenvalue weighted by Gasteiger charge is 2.26. The van der Waals surface area contributed by atoms with Crippen LogP contribution in [-0.4, -0.2) is 18.2 Å². The Morgan fingerprint density at radius 3 is 3.12 bits per heavy atom. The Kier molecular flexibility index (Phi) is 2.61. The first kappa shape index (κ1) is 10.7. The zero-order valence-corrected chi connectivity index (χ0v) is 9.85. The molecule has 1 fully saturated rings.